The van der Waals surface area contributed by atoms with Gasteiger partial charge in [0.05, 0.1) is 18.3 Å². The van der Waals surface area contributed by atoms with Crippen LogP contribution in [-0.2, 0) is 35.9 Å². The van der Waals surface area contributed by atoms with Crippen molar-refractivity contribution in [1.29, 1.82) is 0 Å². The first-order chi connectivity index (χ1) is 6.81. The van der Waals surface area contributed by atoms with Crippen LogP contribution in [0.5, 0.6) is 0 Å². The van der Waals surface area contributed by atoms with Gasteiger partial charge in [0.2, 0.25) is 0 Å². The first-order valence-corrected chi connectivity index (χ1v) is 5.48. The molecular formula is C12H24O3Ti. The van der Waals surface area contributed by atoms with Crippen LogP contribution in [0.2, 0.25) is 0 Å². The van der Waals surface area contributed by atoms with Crippen LogP contribution in [0.25, 0.3) is 0 Å². The van der Waals surface area contributed by atoms with Gasteiger partial charge in [-0.3, -0.25) is 0 Å². The molecule has 0 saturated carbocycles. The second-order valence-corrected chi connectivity index (χ2v) is 4.31. The van der Waals surface area contributed by atoms with E-state index >= 15 is 0 Å². The Balaban J connectivity index is 0. The van der Waals surface area contributed by atoms with Gasteiger partial charge in [-0.2, -0.15) is 0 Å². The van der Waals surface area contributed by atoms with Gasteiger partial charge in [0.1, 0.15) is 0 Å². The fraction of sp³-hybridized carbons (Fsp3) is 0.833. The van der Waals surface area contributed by atoms with Crippen molar-refractivity contribution >= 4 is 0 Å². The van der Waals surface area contributed by atoms with E-state index in [1.165, 1.54) is 0 Å². The van der Waals surface area contributed by atoms with E-state index in [1.807, 2.05) is 41.5 Å². The van der Waals surface area contributed by atoms with Crippen LogP contribution in [0.4, 0.5) is 0 Å². The zero-order valence-electron chi connectivity index (χ0n) is 11.2. The minimum atomic E-state index is -1.13. The molecule has 0 aromatic heterocycles. The molecule has 0 rings (SSSR count). The number of hydrogen-bond donors (Lipinski definition) is 0. The summed E-state index contributed by atoms with van der Waals surface area (Å²) < 4.78 is 16.9. The molecule has 3 nitrogen and oxygen atoms in total. The molecule has 0 unspecified atom stereocenters. The summed E-state index contributed by atoms with van der Waals surface area (Å²) in [5.74, 6) is -1.13. The molecule has 0 saturated heterocycles. The standard InChI is InChI=1S/C12H24O3.Ti/c1-8-12(13-9(2)3,14-10(4)5)15-11(6)7;/h8-11H,1H2,2-7H3;. The van der Waals surface area contributed by atoms with E-state index in [-0.39, 0.29) is 40.0 Å². The van der Waals surface area contributed by atoms with Gasteiger partial charge < -0.3 is 14.2 Å². The Morgan fingerprint density at radius 2 is 1.06 bits per heavy atom. The van der Waals surface area contributed by atoms with Crippen LogP contribution in [0.15, 0.2) is 12.7 Å². The third kappa shape index (κ3) is 7.58. The van der Waals surface area contributed by atoms with Crippen molar-refractivity contribution in [2.75, 3.05) is 0 Å². The molecule has 0 N–H and O–H groups in total. The fourth-order valence-corrected chi connectivity index (χ4v) is 1.21. The fourth-order valence-electron chi connectivity index (χ4n) is 1.21. The van der Waals surface area contributed by atoms with Crippen LogP contribution >= 0.6 is 0 Å². The van der Waals surface area contributed by atoms with Crippen LogP contribution in [0.1, 0.15) is 41.5 Å². The number of rotatable bonds is 7. The van der Waals surface area contributed by atoms with E-state index in [0.717, 1.165) is 0 Å². The summed E-state index contributed by atoms with van der Waals surface area (Å²) >= 11 is 0. The monoisotopic (exact) mass is 264 g/mol. The summed E-state index contributed by atoms with van der Waals surface area (Å²) in [7, 11) is 0. The van der Waals surface area contributed by atoms with Crippen molar-refractivity contribution in [2.24, 2.45) is 0 Å². The Hall–Kier alpha value is 0.334. The molecule has 0 aromatic rings. The minimum Gasteiger partial charge on any atom is -0.321 e. The quantitative estimate of drug-likeness (QED) is 0.402. The van der Waals surface area contributed by atoms with Crippen molar-refractivity contribution in [3.05, 3.63) is 12.7 Å². The van der Waals surface area contributed by atoms with Crippen molar-refractivity contribution in [3.8, 4) is 0 Å². The van der Waals surface area contributed by atoms with Crippen LogP contribution in [0.3, 0.4) is 0 Å². The molecule has 94 valence electrons. The molecule has 0 spiro atoms. The van der Waals surface area contributed by atoms with Crippen molar-refractivity contribution < 1.29 is 35.9 Å². The van der Waals surface area contributed by atoms with Gasteiger partial charge in [0.15, 0.2) is 0 Å². The Bertz CT molecular complexity index is 164. The maximum absolute atomic E-state index is 5.65. The van der Waals surface area contributed by atoms with E-state index in [0.29, 0.717) is 0 Å². The SMILES string of the molecule is C=CC(OC(C)C)(OC(C)C)OC(C)C.[Ti]. The first-order valence-electron chi connectivity index (χ1n) is 5.48. The number of ether oxygens (including phenoxy) is 3. The van der Waals surface area contributed by atoms with E-state index in [2.05, 4.69) is 6.58 Å². The van der Waals surface area contributed by atoms with Gasteiger partial charge in [-0.15, -0.1) is 0 Å². The molecule has 16 heavy (non-hydrogen) atoms. The molecule has 0 aliphatic rings. The topological polar surface area (TPSA) is 27.7 Å². The predicted octanol–water partition coefficient (Wildman–Crippen LogP) is 3.10. The van der Waals surface area contributed by atoms with Crippen molar-refractivity contribution in [3.63, 3.8) is 0 Å². The molecule has 0 amide bonds. The van der Waals surface area contributed by atoms with Gasteiger partial charge in [-0.05, 0) is 47.6 Å². The summed E-state index contributed by atoms with van der Waals surface area (Å²) in [5.41, 5.74) is 0. The third-order valence-electron chi connectivity index (χ3n) is 1.45. The summed E-state index contributed by atoms with van der Waals surface area (Å²) in [4.78, 5) is 0. The van der Waals surface area contributed by atoms with Gasteiger partial charge in [-0.25, -0.2) is 0 Å². The Morgan fingerprint density at radius 1 is 0.812 bits per heavy atom. The Morgan fingerprint density at radius 3 is 1.19 bits per heavy atom. The maximum atomic E-state index is 5.65. The molecule has 0 atom stereocenters. The molecule has 4 heteroatoms. The second-order valence-electron chi connectivity index (χ2n) is 4.31. The summed E-state index contributed by atoms with van der Waals surface area (Å²) in [6, 6.07) is 0. The average Bonchev–Trinajstić information content (AvgIpc) is 1.99. The molecule has 0 aromatic carbocycles. The summed E-state index contributed by atoms with van der Waals surface area (Å²) in [5, 5.41) is 0. The van der Waals surface area contributed by atoms with E-state index < -0.39 is 5.97 Å². The molecule has 0 fully saturated rings. The predicted molar refractivity (Wildman–Crippen MR) is 61.6 cm³/mol. The normalized spacial score (nSPS) is 12.1. The number of hydrogen-bond acceptors (Lipinski definition) is 3. The first kappa shape index (κ1) is 18.7. The maximum Gasteiger partial charge on any atom is 0.305 e. The van der Waals surface area contributed by atoms with E-state index in [4.69, 9.17) is 14.2 Å². The molecule has 0 heterocycles. The molecule has 0 aliphatic heterocycles. The molecule has 0 radical (unpaired) electrons. The van der Waals surface area contributed by atoms with Gasteiger partial charge >= 0.3 is 5.97 Å². The Kier molecular flexibility index (Phi) is 9.85. The minimum absolute atomic E-state index is 0. The largest absolute Gasteiger partial charge is 0.321 e. The van der Waals surface area contributed by atoms with Gasteiger partial charge in [0.25, 0.3) is 0 Å². The van der Waals surface area contributed by atoms with E-state index in [1.54, 1.807) is 6.08 Å². The molecular weight excluding hydrogens is 240 g/mol. The van der Waals surface area contributed by atoms with E-state index in [9.17, 15) is 0 Å². The smallest absolute Gasteiger partial charge is 0.305 e. The van der Waals surface area contributed by atoms with Crippen molar-refractivity contribution in [2.45, 2.75) is 65.8 Å². The van der Waals surface area contributed by atoms with Crippen molar-refractivity contribution in [1.82, 2.24) is 0 Å². The third-order valence-corrected chi connectivity index (χ3v) is 1.45. The van der Waals surface area contributed by atoms with Crippen LogP contribution < -0.4 is 0 Å². The molecule has 0 aliphatic carbocycles. The van der Waals surface area contributed by atoms with Gasteiger partial charge in [-0.1, -0.05) is 6.58 Å². The zero-order valence-corrected chi connectivity index (χ0v) is 12.8. The van der Waals surface area contributed by atoms with Gasteiger partial charge in [0, 0.05) is 21.7 Å². The van der Waals surface area contributed by atoms with Crippen LogP contribution in [-0.4, -0.2) is 24.3 Å². The summed E-state index contributed by atoms with van der Waals surface area (Å²) in [6.07, 6.45) is 1.61. The second kappa shape index (κ2) is 8.43. The summed E-state index contributed by atoms with van der Waals surface area (Å²) in [6.45, 7) is 15.3. The zero-order chi connectivity index (χ0) is 12.1. The average molecular weight is 264 g/mol. The van der Waals surface area contributed by atoms with Crippen LogP contribution in [0, 0.1) is 0 Å². The molecule has 0 bridgehead atoms. The Labute approximate surface area is 114 Å².